The van der Waals surface area contributed by atoms with Gasteiger partial charge in [0.1, 0.15) is 35.2 Å². The van der Waals surface area contributed by atoms with E-state index >= 15 is 0 Å². The van der Waals surface area contributed by atoms with E-state index in [1.54, 1.807) is 11.4 Å². The molecule has 56 heavy (non-hydrogen) atoms. The number of allylic oxidation sites excluding steroid dienone is 1. The van der Waals surface area contributed by atoms with Gasteiger partial charge in [-0.05, 0) is 67.9 Å². The maximum absolute atomic E-state index is 14.6. The number of thiazole rings is 1. The lowest BCUT2D eigenvalue weighted by Gasteiger charge is -2.29. The molecule has 3 aliphatic heterocycles. The highest BCUT2D eigenvalue weighted by Crippen LogP contribution is 2.46. The van der Waals surface area contributed by atoms with Crippen LogP contribution in [-0.2, 0) is 42.2 Å². The lowest BCUT2D eigenvalue weighted by atomic mass is 10.1. The number of hydrogen-bond acceptors (Lipinski definition) is 11. The molecule has 3 N–H and O–H groups in total. The predicted molar refractivity (Wildman–Crippen MR) is 205 cm³/mol. The standard InChI is InChI=1S/C38H41ClFN7O7S2/c39-28-9-6-7-22-18-46(20-27(22)28)37(51)54-25-15-32-33(48)44-38(35(50)45-56(52,53)26-12-13-26)16-23(38)8-4-2-1-3-5-10-30(34(49)47(32)19-25)42-36-43-31(21-55-36)29-14-11-24(40)17-41-29/h4,6-9,11,14,17,21,23,25-26,30,32H,1-3,5,10,12-13,15-16,18-20H2,(H,42,43)(H,44,48)(H,45,50)/b8-4-/t23-,25+,30-,32-,38-/m0/s1. The van der Waals surface area contributed by atoms with Gasteiger partial charge >= 0.3 is 6.09 Å². The molecule has 8 rings (SSSR count). The number of fused-ring (bicyclic) bond motifs is 3. The first kappa shape index (κ1) is 38.3. The van der Waals surface area contributed by atoms with E-state index in [0.717, 1.165) is 30.2 Å². The number of aromatic nitrogens is 2. The second-order valence-corrected chi connectivity index (χ2v) is 18.3. The number of anilines is 1. The van der Waals surface area contributed by atoms with E-state index in [4.69, 9.17) is 16.3 Å². The van der Waals surface area contributed by atoms with Crippen LogP contribution >= 0.6 is 22.9 Å². The first-order valence-corrected chi connectivity index (χ1v) is 21.6. The molecule has 2 saturated carbocycles. The number of benzene rings is 1. The zero-order valence-electron chi connectivity index (χ0n) is 30.3. The van der Waals surface area contributed by atoms with Crippen molar-refractivity contribution in [1.82, 2.24) is 29.8 Å². The van der Waals surface area contributed by atoms with Crippen molar-refractivity contribution >= 4 is 61.9 Å². The first-order chi connectivity index (χ1) is 26.9. The maximum Gasteiger partial charge on any atom is 0.410 e. The van der Waals surface area contributed by atoms with Crippen LogP contribution in [0.3, 0.4) is 0 Å². The molecular weight excluding hydrogens is 785 g/mol. The number of pyridine rings is 1. The summed E-state index contributed by atoms with van der Waals surface area (Å²) < 4.78 is 47.4. The number of halogens is 2. The van der Waals surface area contributed by atoms with Crippen molar-refractivity contribution in [1.29, 1.82) is 0 Å². The Balaban J connectivity index is 1.06. The summed E-state index contributed by atoms with van der Waals surface area (Å²) in [6.07, 6.45) is 7.85. The minimum atomic E-state index is -3.91. The third-order valence-corrected chi connectivity index (χ3v) is 14.0. The van der Waals surface area contributed by atoms with Gasteiger partial charge in [-0.25, -0.2) is 22.6 Å². The first-order valence-electron chi connectivity index (χ1n) is 18.8. The third-order valence-electron chi connectivity index (χ3n) is 11.1. The molecule has 2 aromatic heterocycles. The summed E-state index contributed by atoms with van der Waals surface area (Å²) in [6.45, 7) is 0.446. The second-order valence-electron chi connectivity index (χ2n) is 15.1. The van der Waals surface area contributed by atoms with Gasteiger partial charge in [-0.1, -0.05) is 48.7 Å². The van der Waals surface area contributed by atoms with Crippen LogP contribution < -0.4 is 15.4 Å². The van der Waals surface area contributed by atoms with Crippen molar-refractivity contribution in [3.05, 3.63) is 76.0 Å². The van der Waals surface area contributed by atoms with Crippen LogP contribution in [0, 0.1) is 11.7 Å². The molecule has 0 radical (unpaired) electrons. The molecule has 0 unspecified atom stereocenters. The van der Waals surface area contributed by atoms with E-state index in [1.165, 1.54) is 33.3 Å². The molecule has 3 aromatic rings. The smallest absolute Gasteiger partial charge is 0.410 e. The number of nitrogens with one attached hydrogen (secondary N) is 3. The van der Waals surface area contributed by atoms with Gasteiger partial charge in [0.05, 0.1) is 30.2 Å². The summed E-state index contributed by atoms with van der Waals surface area (Å²) in [7, 11) is -3.91. The van der Waals surface area contributed by atoms with Crippen LogP contribution in [-0.4, -0.2) is 87.5 Å². The molecule has 5 heterocycles. The average Bonchev–Trinajstić information content (AvgIpc) is 3.97. The summed E-state index contributed by atoms with van der Waals surface area (Å²) in [5, 5.41) is 8.19. The molecule has 1 aromatic carbocycles. The van der Waals surface area contributed by atoms with Crippen molar-refractivity contribution in [3.63, 3.8) is 0 Å². The Morgan fingerprint density at radius 2 is 1.91 bits per heavy atom. The fraction of sp³-hybridized carbons (Fsp3) is 0.474. The van der Waals surface area contributed by atoms with Gasteiger partial charge < -0.3 is 20.3 Å². The number of rotatable bonds is 7. The normalized spacial score (nSPS) is 27.2. The number of hydrogen-bond donors (Lipinski definition) is 3. The number of carbonyl (C=O) groups excluding carboxylic acids is 4. The van der Waals surface area contributed by atoms with Crippen molar-refractivity contribution in [3.8, 4) is 11.4 Å². The molecule has 14 nitrogen and oxygen atoms in total. The van der Waals surface area contributed by atoms with Gasteiger partial charge in [0.25, 0.3) is 5.91 Å². The molecule has 1 saturated heterocycles. The van der Waals surface area contributed by atoms with E-state index < -0.39 is 74.5 Å². The summed E-state index contributed by atoms with van der Waals surface area (Å²) in [6, 6.07) is 6.29. The Hall–Kier alpha value is -4.61. The summed E-state index contributed by atoms with van der Waals surface area (Å²) in [4.78, 5) is 67.9. The molecule has 3 fully saturated rings. The van der Waals surface area contributed by atoms with Crippen molar-refractivity contribution in [2.24, 2.45) is 5.92 Å². The maximum atomic E-state index is 14.6. The third kappa shape index (κ3) is 7.98. The number of nitrogens with zero attached hydrogens (tertiary/aromatic N) is 4. The van der Waals surface area contributed by atoms with Crippen LogP contribution in [0.15, 0.2) is 54.1 Å². The Labute approximate surface area is 332 Å². The van der Waals surface area contributed by atoms with Crippen LogP contribution in [0.25, 0.3) is 11.4 Å². The molecule has 296 valence electrons. The van der Waals surface area contributed by atoms with Gasteiger partial charge in [-0.3, -0.25) is 29.0 Å². The van der Waals surface area contributed by atoms with Crippen LogP contribution in [0.1, 0.15) is 68.9 Å². The van der Waals surface area contributed by atoms with Gasteiger partial charge in [0.2, 0.25) is 21.8 Å². The van der Waals surface area contributed by atoms with E-state index in [1.807, 2.05) is 24.3 Å². The van der Waals surface area contributed by atoms with Crippen molar-refractivity contribution < 1.29 is 36.7 Å². The summed E-state index contributed by atoms with van der Waals surface area (Å²) in [5.74, 6) is -2.81. The number of sulfonamides is 1. The van der Waals surface area contributed by atoms with Gasteiger partial charge in [0.15, 0.2) is 5.13 Å². The summed E-state index contributed by atoms with van der Waals surface area (Å²) >= 11 is 7.64. The Morgan fingerprint density at radius 1 is 1.07 bits per heavy atom. The topological polar surface area (TPSA) is 180 Å². The fourth-order valence-corrected chi connectivity index (χ4v) is 10.1. The molecule has 5 atom stereocenters. The molecule has 18 heteroatoms. The lowest BCUT2D eigenvalue weighted by molar-refractivity contribution is -0.140. The molecule has 2 aliphatic carbocycles. The molecule has 0 bridgehead atoms. The Bertz CT molecular complexity index is 2180. The highest BCUT2D eigenvalue weighted by atomic mass is 35.5. The molecule has 4 amide bonds. The van der Waals surface area contributed by atoms with Crippen molar-refractivity contribution in [2.45, 2.75) is 99.9 Å². The Morgan fingerprint density at radius 3 is 2.68 bits per heavy atom. The number of amides is 4. The predicted octanol–water partition coefficient (Wildman–Crippen LogP) is 4.90. The highest BCUT2D eigenvalue weighted by molar-refractivity contribution is 7.91. The zero-order valence-corrected chi connectivity index (χ0v) is 32.7. The van der Waals surface area contributed by atoms with Gasteiger partial charge in [-0.2, -0.15) is 0 Å². The molecule has 0 spiro atoms. The van der Waals surface area contributed by atoms with E-state index in [2.05, 4.69) is 25.3 Å². The zero-order chi connectivity index (χ0) is 39.2. The van der Waals surface area contributed by atoms with Gasteiger partial charge in [-0.15, -0.1) is 11.3 Å². The van der Waals surface area contributed by atoms with Crippen LogP contribution in [0.5, 0.6) is 0 Å². The second kappa shape index (κ2) is 15.4. The minimum Gasteiger partial charge on any atom is -0.444 e. The van der Waals surface area contributed by atoms with Crippen LogP contribution in [0.2, 0.25) is 5.02 Å². The van der Waals surface area contributed by atoms with Crippen LogP contribution in [0.4, 0.5) is 14.3 Å². The minimum absolute atomic E-state index is 0.0478. The quantitative estimate of drug-likeness (QED) is 0.278. The average molecular weight is 826 g/mol. The highest BCUT2D eigenvalue weighted by Gasteiger charge is 2.62. The van der Waals surface area contributed by atoms with E-state index in [9.17, 15) is 32.0 Å². The fourth-order valence-electron chi connectivity index (χ4n) is 7.71. The number of ether oxygens (including phenoxy) is 1. The monoisotopic (exact) mass is 825 g/mol. The van der Waals surface area contributed by atoms with E-state index in [-0.39, 0.29) is 25.9 Å². The Kier molecular flexibility index (Phi) is 10.5. The summed E-state index contributed by atoms with van der Waals surface area (Å²) in [5.41, 5.74) is 1.16. The van der Waals surface area contributed by atoms with Gasteiger partial charge in [0, 0.05) is 29.3 Å². The number of carbonyl (C=O) groups is 4. The van der Waals surface area contributed by atoms with E-state index in [0.29, 0.717) is 60.2 Å². The molecule has 5 aliphatic rings. The largest absolute Gasteiger partial charge is 0.444 e. The SMILES string of the molecule is O=C1N[C@@]2(C(=O)NS(=O)(=O)C3CC3)C[C@@H]2/C=C\CCCCC[C@H](Nc2nc(-c3ccc(F)cn3)cs2)C(=O)N2C[C@H](OC(=O)N3Cc4cccc(Cl)c4C3)C[C@@H]12. The van der Waals surface area contributed by atoms with Crippen molar-refractivity contribution in [2.75, 3.05) is 11.9 Å². The molecular formula is C38H41ClFN7O7S2. The lowest BCUT2D eigenvalue weighted by Crippen LogP contribution is -2.57.